The molecule has 0 aliphatic heterocycles. The van der Waals surface area contributed by atoms with E-state index in [1.807, 2.05) is 0 Å². The molecule has 0 radical (unpaired) electrons. The summed E-state index contributed by atoms with van der Waals surface area (Å²) in [7, 11) is 0. The summed E-state index contributed by atoms with van der Waals surface area (Å²) in [6, 6.07) is 0. The fourth-order valence-electron chi connectivity index (χ4n) is 2.04. The van der Waals surface area contributed by atoms with E-state index in [9.17, 15) is 0 Å². The molecule has 0 spiro atoms. The van der Waals surface area contributed by atoms with Crippen molar-refractivity contribution in [2.45, 2.75) is 54.7 Å². The van der Waals surface area contributed by atoms with E-state index in [1.165, 1.54) is 6.42 Å². The van der Waals surface area contributed by atoms with Gasteiger partial charge in [0.25, 0.3) is 0 Å². The van der Waals surface area contributed by atoms with Gasteiger partial charge < -0.3 is 0 Å². The Bertz CT molecular complexity index is 262. The van der Waals surface area contributed by atoms with Crippen LogP contribution in [-0.4, -0.2) is 0 Å². The third kappa shape index (κ3) is 6.73. The van der Waals surface area contributed by atoms with Gasteiger partial charge in [-0.05, 0) is 0 Å². The summed E-state index contributed by atoms with van der Waals surface area (Å²) in [6.45, 7) is 9.19. The zero-order valence-electron chi connectivity index (χ0n) is 12.5. The average Bonchev–Trinajstić information content (AvgIpc) is 1.98. The topological polar surface area (TPSA) is 0 Å². The van der Waals surface area contributed by atoms with Gasteiger partial charge in [0.05, 0.1) is 0 Å². The molecule has 0 saturated heterocycles. The second-order valence-corrected chi connectivity index (χ2v) is 34.9. The van der Waals surface area contributed by atoms with Gasteiger partial charge in [-0.25, -0.2) is 0 Å². The van der Waals surface area contributed by atoms with Crippen LogP contribution in [0, 0.1) is 11.8 Å². The van der Waals surface area contributed by atoms with Crippen molar-refractivity contribution in [3.63, 3.8) is 0 Å². The molecule has 96 valence electrons. The molecule has 0 aromatic heterocycles. The summed E-state index contributed by atoms with van der Waals surface area (Å²) in [4.78, 5) is 0. The summed E-state index contributed by atoms with van der Waals surface area (Å²) >= 11 is -2.51. The third-order valence-corrected chi connectivity index (χ3v) is 12.4. The SMILES string of the molecule is CC(C)CC=CC=[C](C(C)C)[Ta]([CH3])([CH3])([CH3])[CH3]. The fourth-order valence-corrected chi connectivity index (χ4v) is 11.9. The molecule has 0 aliphatic rings. The summed E-state index contributed by atoms with van der Waals surface area (Å²) in [6.07, 6.45) is 8.19. The predicted molar refractivity (Wildman–Crippen MR) is 75.0 cm³/mol. The van der Waals surface area contributed by atoms with Gasteiger partial charge >= 0.3 is 104 Å². The van der Waals surface area contributed by atoms with Crippen LogP contribution in [-0.2, 0) is 15.8 Å². The van der Waals surface area contributed by atoms with Crippen LogP contribution in [0.15, 0.2) is 22.0 Å². The van der Waals surface area contributed by atoms with Crippen molar-refractivity contribution in [3.8, 4) is 0 Å². The molecule has 1 heteroatoms. The van der Waals surface area contributed by atoms with E-state index in [1.54, 1.807) is 3.79 Å². The molecule has 0 bridgehead atoms. The second-order valence-electron chi connectivity index (χ2n) is 7.38. The molecule has 0 nitrogen and oxygen atoms in total. The van der Waals surface area contributed by atoms with Crippen LogP contribution in [0.4, 0.5) is 0 Å². The maximum atomic E-state index is 2.52. The van der Waals surface area contributed by atoms with Crippen LogP contribution in [0.3, 0.4) is 0 Å². The van der Waals surface area contributed by atoms with Crippen molar-refractivity contribution in [2.24, 2.45) is 11.8 Å². The van der Waals surface area contributed by atoms with Crippen LogP contribution < -0.4 is 0 Å². The standard InChI is InChI=1S/C11H19.4CH3.Ta/c1-10(2)8-6-5-7-9-11(3)4;;;;;/h5-7,10-11H,8H2,1-4H3;4*1H3;. The van der Waals surface area contributed by atoms with E-state index < -0.39 is 15.8 Å². The molecule has 0 aliphatic carbocycles. The van der Waals surface area contributed by atoms with Gasteiger partial charge in [0.2, 0.25) is 0 Å². The Morgan fingerprint density at radius 1 is 1.00 bits per heavy atom. The van der Waals surface area contributed by atoms with E-state index >= 15 is 0 Å². The van der Waals surface area contributed by atoms with Crippen molar-refractivity contribution in [1.29, 1.82) is 0 Å². The Balaban J connectivity index is 4.83. The first kappa shape index (κ1) is 16.2. The maximum absolute atomic E-state index is 2.52. The first-order chi connectivity index (χ1) is 7.01. The van der Waals surface area contributed by atoms with Crippen molar-refractivity contribution in [2.75, 3.05) is 0 Å². The summed E-state index contributed by atoms with van der Waals surface area (Å²) in [5.74, 6) is 1.46. The third-order valence-electron chi connectivity index (χ3n) is 2.63. The first-order valence-electron chi connectivity index (χ1n) is 6.38. The predicted octanol–water partition coefficient (Wildman–Crippen LogP) is 6.01. The van der Waals surface area contributed by atoms with E-state index in [0.717, 1.165) is 5.92 Å². The fraction of sp³-hybridized carbons (Fsp3) is 0.733. The molecule has 0 amide bonds. The Morgan fingerprint density at radius 3 is 1.81 bits per heavy atom. The van der Waals surface area contributed by atoms with Gasteiger partial charge in [-0.15, -0.1) is 0 Å². The molecule has 0 rings (SSSR count). The normalized spacial score (nSPS) is 17.1. The molecular formula is C15H31Ta. The number of rotatable bonds is 5. The van der Waals surface area contributed by atoms with Crippen LogP contribution in [0.2, 0.25) is 20.6 Å². The van der Waals surface area contributed by atoms with Gasteiger partial charge in [-0.3, -0.25) is 0 Å². The van der Waals surface area contributed by atoms with E-state index in [-0.39, 0.29) is 0 Å². The molecule has 0 N–H and O–H groups in total. The Morgan fingerprint density at radius 2 is 1.50 bits per heavy atom. The average molecular weight is 392 g/mol. The van der Waals surface area contributed by atoms with E-state index in [4.69, 9.17) is 0 Å². The molecule has 0 fully saturated rings. The van der Waals surface area contributed by atoms with Crippen LogP contribution >= 0.6 is 0 Å². The van der Waals surface area contributed by atoms with Crippen LogP contribution in [0.25, 0.3) is 0 Å². The molecule has 0 unspecified atom stereocenters. The zero-order valence-corrected chi connectivity index (χ0v) is 15.8. The van der Waals surface area contributed by atoms with Crippen molar-refractivity contribution in [3.05, 3.63) is 22.0 Å². The van der Waals surface area contributed by atoms with Crippen molar-refractivity contribution >= 4 is 0 Å². The van der Waals surface area contributed by atoms with Crippen molar-refractivity contribution < 1.29 is 15.8 Å². The molecule has 0 aromatic rings. The Kier molecular flexibility index (Phi) is 5.79. The van der Waals surface area contributed by atoms with Crippen LogP contribution in [0.1, 0.15) is 34.1 Å². The second kappa shape index (κ2) is 5.71. The molecule has 0 heterocycles. The molecular weight excluding hydrogens is 361 g/mol. The molecule has 0 aromatic carbocycles. The summed E-state index contributed by atoms with van der Waals surface area (Å²) in [5, 5.41) is 10.1. The summed E-state index contributed by atoms with van der Waals surface area (Å²) < 4.78 is 1.73. The number of hydrogen-bond acceptors (Lipinski definition) is 0. The quantitative estimate of drug-likeness (QED) is 0.503. The van der Waals surface area contributed by atoms with E-state index in [0.29, 0.717) is 5.92 Å². The van der Waals surface area contributed by atoms with E-state index in [2.05, 4.69) is 66.5 Å². The zero-order chi connectivity index (χ0) is 13.0. The summed E-state index contributed by atoms with van der Waals surface area (Å²) in [5.41, 5.74) is 0. The van der Waals surface area contributed by atoms with Gasteiger partial charge in [0.15, 0.2) is 0 Å². The monoisotopic (exact) mass is 392 g/mol. The minimum absolute atomic E-state index is 0.696. The molecule has 0 saturated carbocycles. The van der Waals surface area contributed by atoms with Gasteiger partial charge in [0, 0.05) is 0 Å². The molecule has 16 heavy (non-hydrogen) atoms. The Labute approximate surface area is 104 Å². The van der Waals surface area contributed by atoms with Crippen molar-refractivity contribution in [1.82, 2.24) is 0 Å². The molecule has 0 atom stereocenters. The van der Waals surface area contributed by atoms with Gasteiger partial charge in [-0.2, -0.15) is 0 Å². The number of hydrogen-bond donors (Lipinski definition) is 0. The van der Waals surface area contributed by atoms with Gasteiger partial charge in [0.1, 0.15) is 0 Å². The first-order valence-corrected chi connectivity index (χ1v) is 20.8. The van der Waals surface area contributed by atoms with Gasteiger partial charge in [-0.1, -0.05) is 0 Å². The Hall–Kier alpha value is 0.220. The minimum atomic E-state index is -2.51. The van der Waals surface area contributed by atoms with Crippen LogP contribution in [0.5, 0.6) is 0 Å². The number of allylic oxidation sites excluding steroid dienone is 4.